The molecule has 0 saturated heterocycles. The molecule has 0 radical (unpaired) electrons. The quantitative estimate of drug-likeness (QED) is 0.275. The van der Waals surface area contributed by atoms with E-state index in [1.165, 1.54) is 11.0 Å². The molecule has 1 atom stereocenters. The van der Waals surface area contributed by atoms with E-state index in [0.29, 0.717) is 0 Å². The Bertz CT molecular complexity index is 1490. The number of carbonyl (C=O) groups is 2. The second-order valence-electron chi connectivity index (χ2n) is 10.9. The average molecular weight is 631 g/mol. The molecule has 1 saturated carbocycles. The number of amides is 2. The summed E-state index contributed by atoms with van der Waals surface area (Å²) < 4.78 is 26.9. The van der Waals surface area contributed by atoms with Gasteiger partial charge in [-0.3, -0.25) is 13.9 Å². The van der Waals surface area contributed by atoms with Crippen molar-refractivity contribution in [1.82, 2.24) is 10.2 Å². The van der Waals surface area contributed by atoms with Gasteiger partial charge in [-0.2, -0.15) is 0 Å². The van der Waals surface area contributed by atoms with Crippen LogP contribution in [0.2, 0.25) is 10.0 Å². The number of carbonyl (C=O) groups excluding carboxylic acids is 2. The minimum atomic E-state index is -3.95. The Hall–Kier alpha value is -3.07. The van der Waals surface area contributed by atoms with Crippen LogP contribution in [0, 0.1) is 6.92 Å². The highest BCUT2D eigenvalue weighted by atomic mass is 35.5. The van der Waals surface area contributed by atoms with E-state index in [-0.39, 0.29) is 40.6 Å². The third-order valence-corrected chi connectivity index (χ3v) is 9.47. The number of anilines is 1. The molecule has 3 aromatic rings. The highest BCUT2D eigenvalue weighted by Gasteiger charge is 2.34. The van der Waals surface area contributed by atoms with Crippen molar-refractivity contribution in [2.24, 2.45) is 0 Å². The number of benzene rings is 3. The summed E-state index contributed by atoms with van der Waals surface area (Å²) >= 11 is 12.6. The number of sulfonamides is 1. The Balaban J connectivity index is 1.74. The van der Waals surface area contributed by atoms with Crippen molar-refractivity contribution in [2.75, 3.05) is 17.1 Å². The van der Waals surface area contributed by atoms with Crippen molar-refractivity contribution >= 4 is 50.7 Å². The Morgan fingerprint density at radius 1 is 0.929 bits per heavy atom. The number of hydrogen-bond donors (Lipinski definition) is 1. The van der Waals surface area contributed by atoms with Crippen molar-refractivity contribution in [2.45, 2.75) is 64.1 Å². The van der Waals surface area contributed by atoms with Gasteiger partial charge in [0.05, 0.1) is 22.0 Å². The minimum Gasteiger partial charge on any atom is -0.352 e. The molecule has 3 aromatic carbocycles. The molecule has 1 aliphatic rings. The van der Waals surface area contributed by atoms with Crippen LogP contribution in [0.1, 0.15) is 48.8 Å². The van der Waals surface area contributed by atoms with Gasteiger partial charge in [0.15, 0.2) is 0 Å². The molecular formula is C32H37Cl2N3O4S. The van der Waals surface area contributed by atoms with Gasteiger partial charge in [0.2, 0.25) is 21.8 Å². The Morgan fingerprint density at radius 3 is 2.26 bits per heavy atom. The fourth-order valence-corrected chi connectivity index (χ4v) is 6.69. The predicted molar refractivity (Wildman–Crippen MR) is 169 cm³/mol. The zero-order valence-electron chi connectivity index (χ0n) is 23.9. The highest BCUT2D eigenvalue weighted by Crippen LogP contribution is 2.34. The van der Waals surface area contributed by atoms with Gasteiger partial charge < -0.3 is 10.2 Å². The van der Waals surface area contributed by atoms with Crippen LogP contribution in [0.15, 0.2) is 72.8 Å². The van der Waals surface area contributed by atoms with Crippen molar-refractivity contribution < 1.29 is 18.0 Å². The lowest BCUT2D eigenvalue weighted by atomic mass is 9.94. The van der Waals surface area contributed by atoms with Crippen molar-refractivity contribution in [3.8, 4) is 0 Å². The number of rotatable bonds is 11. The molecule has 10 heteroatoms. The zero-order valence-corrected chi connectivity index (χ0v) is 26.3. The molecule has 42 heavy (non-hydrogen) atoms. The summed E-state index contributed by atoms with van der Waals surface area (Å²) in [5, 5.41) is 3.39. The molecule has 1 aliphatic carbocycles. The summed E-state index contributed by atoms with van der Waals surface area (Å²) in [7, 11) is -3.95. The largest absolute Gasteiger partial charge is 0.352 e. The van der Waals surface area contributed by atoms with Gasteiger partial charge >= 0.3 is 0 Å². The monoisotopic (exact) mass is 629 g/mol. The summed E-state index contributed by atoms with van der Waals surface area (Å²) in [5.74, 6) is -0.781. The molecule has 0 unspecified atom stereocenters. The molecule has 4 rings (SSSR count). The van der Waals surface area contributed by atoms with Gasteiger partial charge in [-0.25, -0.2) is 8.42 Å². The maximum Gasteiger partial charge on any atom is 0.244 e. The Morgan fingerprint density at radius 2 is 1.60 bits per heavy atom. The maximum absolute atomic E-state index is 14.3. The Labute approximate surface area is 258 Å². The Kier molecular flexibility index (Phi) is 10.9. The second kappa shape index (κ2) is 14.4. The molecule has 0 aromatic heterocycles. The van der Waals surface area contributed by atoms with E-state index in [4.69, 9.17) is 23.2 Å². The van der Waals surface area contributed by atoms with E-state index in [1.807, 2.05) is 61.5 Å². The lowest BCUT2D eigenvalue weighted by molar-refractivity contribution is -0.140. The zero-order chi connectivity index (χ0) is 30.3. The molecule has 2 amide bonds. The summed E-state index contributed by atoms with van der Waals surface area (Å²) in [6, 6.07) is 21.0. The molecule has 0 aliphatic heterocycles. The smallest absolute Gasteiger partial charge is 0.244 e. The molecule has 1 N–H and O–H groups in total. The molecule has 7 nitrogen and oxygen atoms in total. The van der Waals surface area contributed by atoms with Crippen LogP contribution in [0.4, 0.5) is 5.69 Å². The first-order valence-electron chi connectivity index (χ1n) is 14.1. The first-order chi connectivity index (χ1) is 20.0. The summed E-state index contributed by atoms with van der Waals surface area (Å²) in [4.78, 5) is 29.7. The average Bonchev–Trinajstić information content (AvgIpc) is 2.95. The van der Waals surface area contributed by atoms with Gasteiger partial charge in [-0.1, -0.05) is 109 Å². The van der Waals surface area contributed by atoms with E-state index in [9.17, 15) is 18.0 Å². The minimum absolute atomic E-state index is 0.0264. The summed E-state index contributed by atoms with van der Waals surface area (Å²) in [6.45, 7) is 1.53. The number of halogens is 2. The fraction of sp³-hybridized carbons (Fsp3) is 0.375. The van der Waals surface area contributed by atoms with Crippen LogP contribution in [0.3, 0.4) is 0 Å². The lowest BCUT2D eigenvalue weighted by Crippen LogP contribution is -2.55. The van der Waals surface area contributed by atoms with Gasteiger partial charge in [0.1, 0.15) is 12.6 Å². The molecule has 0 bridgehead atoms. The molecule has 0 heterocycles. The third kappa shape index (κ3) is 8.49. The first-order valence-corrected chi connectivity index (χ1v) is 16.7. The van der Waals surface area contributed by atoms with E-state index in [1.54, 1.807) is 12.1 Å². The maximum atomic E-state index is 14.3. The predicted octanol–water partition coefficient (Wildman–Crippen LogP) is 6.16. The third-order valence-electron chi connectivity index (χ3n) is 7.54. The number of nitrogens with one attached hydrogen (secondary N) is 1. The SMILES string of the molecule is Cc1cccc(CN(C(=O)CN(c2cccc(Cl)c2Cl)S(C)(=O)=O)[C@H](Cc2ccccc2)C(=O)NC2CCCCC2)c1. The van der Waals surface area contributed by atoms with Crippen molar-refractivity contribution in [3.63, 3.8) is 0 Å². The van der Waals surface area contributed by atoms with E-state index < -0.39 is 28.5 Å². The summed E-state index contributed by atoms with van der Waals surface area (Å²) in [5.41, 5.74) is 2.83. The van der Waals surface area contributed by atoms with Gasteiger partial charge in [0.25, 0.3) is 0 Å². The van der Waals surface area contributed by atoms with Crippen LogP contribution < -0.4 is 9.62 Å². The van der Waals surface area contributed by atoms with E-state index in [0.717, 1.165) is 59.4 Å². The van der Waals surface area contributed by atoms with Crippen molar-refractivity contribution in [3.05, 3.63) is 99.5 Å². The normalized spacial score (nSPS) is 14.7. The van der Waals surface area contributed by atoms with Gasteiger partial charge in [-0.15, -0.1) is 0 Å². The van der Waals surface area contributed by atoms with Crippen LogP contribution in [0.5, 0.6) is 0 Å². The van der Waals surface area contributed by atoms with Crippen LogP contribution in [0.25, 0.3) is 0 Å². The van der Waals surface area contributed by atoms with Crippen LogP contribution >= 0.6 is 23.2 Å². The van der Waals surface area contributed by atoms with E-state index >= 15 is 0 Å². The molecular weight excluding hydrogens is 593 g/mol. The second-order valence-corrected chi connectivity index (χ2v) is 13.6. The standard InChI is InChI=1S/C32H37Cl2N3O4S/c1-23-11-9-14-25(19-23)21-36(30(38)22-37(42(2,40)41)28-18-10-17-27(33)31(28)34)29(20-24-12-5-3-6-13-24)32(39)35-26-15-7-4-8-16-26/h3,5-6,9-14,17-19,26,29H,4,7-8,15-16,20-22H2,1-2H3,(H,35,39)/t29-/m1/s1. The topological polar surface area (TPSA) is 86.8 Å². The lowest BCUT2D eigenvalue weighted by Gasteiger charge is -2.35. The van der Waals surface area contributed by atoms with Crippen molar-refractivity contribution in [1.29, 1.82) is 0 Å². The van der Waals surface area contributed by atoms with E-state index in [2.05, 4.69) is 5.32 Å². The summed E-state index contributed by atoms with van der Waals surface area (Å²) in [6.07, 6.45) is 6.31. The molecule has 0 spiro atoms. The number of aryl methyl sites for hydroxylation is 1. The van der Waals surface area contributed by atoms with Crippen LogP contribution in [-0.4, -0.2) is 50.0 Å². The first kappa shape index (κ1) is 31.9. The fourth-order valence-electron chi connectivity index (χ4n) is 5.39. The van der Waals surface area contributed by atoms with Gasteiger partial charge in [-0.05, 0) is 43.0 Å². The molecule has 1 fully saturated rings. The number of nitrogens with zero attached hydrogens (tertiary/aromatic N) is 2. The van der Waals surface area contributed by atoms with Crippen LogP contribution in [-0.2, 0) is 32.6 Å². The molecule has 224 valence electrons. The highest BCUT2D eigenvalue weighted by molar-refractivity contribution is 7.92. The van der Waals surface area contributed by atoms with Gasteiger partial charge in [0, 0.05) is 19.0 Å². The number of hydrogen-bond acceptors (Lipinski definition) is 4.